The van der Waals surface area contributed by atoms with Gasteiger partial charge in [0.05, 0.1) is 16.8 Å². The zero-order valence-corrected chi connectivity index (χ0v) is 12.4. The molecule has 0 radical (unpaired) electrons. The summed E-state index contributed by atoms with van der Waals surface area (Å²) >= 11 is 5.85. The van der Waals surface area contributed by atoms with Gasteiger partial charge in [-0.25, -0.2) is 12.8 Å². The number of nitrogens with zero attached hydrogens (tertiary/aromatic N) is 2. The van der Waals surface area contributed by atoms with Gasteiger partial charge in [0.25, 0.3) is 5.91 Å². The van der Waals surface area contributed by atoms with Crippen molar-refractivity contribution in [2.75, 3.05) is 32.4 Å². The lowest BCUT2D eigenvalue weighted by Crippen LogP contribution is -2.50. The van der Waals surface area contributed by atoms with Crippen molar-refractivity contribution >= 4 is 27.5 Å². The summed E-state index contributed by atoms with van der Waals surface area (Å²) in [5.74, 6) is -1.19. The van der Waals surface area contributed by atoms with Crippen LogP contribution in [0.25, 0.3) is 0 Å². The fourth-order valence-electron chi connectivity index (χ4n) is 2.08. The van der Waals surface area contributed by atoms with Crippen LogP contribution in [-0.2, 0) is 10.0 Å². The normalized spacial score (nSPS) is 17.2. The third-order valence-electron chi connectivity index (χ3n) is 3.17. The lowest BCUT2D eigenvalue weighted by Gasteiger charge is -2.33. The summed E-state index contributed by atoms with van der Waals surface area (Å²) in [6.07, 6.45) is 1.12. The van der Waals surface area contributed by atoms with Crippen molar-refractivity contribution in [2.45, 2.75) is 0 Å². The molecule has 5 nitrogen and oxygen atoms in total. The van der Waals surface area contributed by atoms with Crippen LogP contribution in [0.2, 0.25) is 5.02 Å². The van der Waals surface area contributed by atoms with Crippen LogP contribution in [0, 0.1) is 5.82 Å². The minimum atomic E-state index is -3.26. The zero-order chi connectivity index (χ0) is 14.9. The number of carbonyl (C=O) groups is 1. The Labute approximate surface area is 122 Å². The summed E-state index contributed by atoms with van der Waals surface area (Å²) in [5, 5.41) is 0.0561. The molecule has 0 bridgehead atoms. The predicted molar refractivity (Wildman–Crippen MR) is 73.7 cm³/mol. The summed E-state index contributed by atoms with van der Waals surface area (Å²) in [7, 11) is -3.26. The van der Waals surface area contributed by atoms with Crippen LogP contribution in [0.4, 0.5) is 4.39 Å². The van der Waals surface area contributed by atoms with Crippen molar-refractivity contribution in [2.24, 2.45) is 0 Å². The first-order valence-corrected chi connectivity index (χ1v) is 8.22. The largest absolute Gasteiger partial charge is 0.336 e. The Morgan fingerprint density at radius 3 is 2.35 bits per heavy atom. The van der Waals surface area contributed by atoms with Gasteiger partial charge >= 0.3 is 0 Å². The number of sulfonamides is 1. The van der Waals surface area contributed by atoms with Gasteiger partial charge in [-0.2, -0.15) is 4.31 Å². The smallest absolute Gasteiger partial charge is 0.258 e. The monoisotopic (exact) mass is 320 g/mol. The Morgan fingerprint density at radius 1 is 1.25 bits per heavy atom. The molecule has 110 valence electrons. The first-order chi connectivity index (χ1) is 9.30. The van der Waals surface area contributed by atoms with Gasteiger partial charge in [-0.05, 0) is 12.1 Å². The van der Waals surface area contributed by atoms with Crippen molar-refractivity contribution in [1.82, 2.24) is 9.21 Å². The van der Waals surface area contributed by atoms with Gasteiger partial charge in [-0.15, -0.1) is 0 Å². The molecule has 1 aromatic carbocycles. The summed E-state index contributed by atoms with van der Waals surface area (Å²) < 4.78 is 37.7. The molecule has 1 saturated heterocycles. The zero-order valence-electron chi connectivity index (χ0n) is 10.8. The number of amides is 1. The van der Waals surface area contributed by atoms with Gasteiger partial charge in [0.15, 0.2) is 0 Å². The van der Waals surface area contributed by atoms with Gasteiger partial charge < -0.3 is 4.90 Å². The summed E-state index contributed by atoms with van der Waals surface area (Å²) in [4.78, 5) is 13.6. The molecule has 2 rings (SSSR count). The molecular weight excluding hydrogens is 307 g/mol. The molecule has 0 atom stereocenters. The topological polar surface area (TPSA) is 57.7 Å². The molecule has 1 fully saturated rings. The Morgan fingerprint density at radius 2 is 1.85 bits per heavy atom. The number of piperazine rings is 1. The van der Waals surface area contributed by atoms with Crippen molar-refractivity contribution in [3.8, 4) is 0 Å². The van der Waals surface area contributed by atoms with Crippen molar-refractivity contribution in [1.29, 1.82) is 0 Å². The molecule has 0 unspecified atom stereocenters. The Kier molecular flexibility index (Phi) is 4.31. The van der Waals surface area contributed by atoms with E-state index in [9.17, 15) is 17.6 Å². The Bertz CT molecular complexity index is 607. The first-order valence-electron chi connectivity index (χ1n) is 5.99. The molecule has 0 saturated carbocycles. The van der Waals surface area contributed by atoms with Gasteiger partial charge in [-0.3, -0.25) is 4.79 Å². The molecular formula is C12H14ClFN2O3S. The third kappa shape index (κ3) is 3.11. The molecule has 0 N–H and O–H groups in total. The number of benzene rings is 1. The van der Waals surface area contributed by atoms with Gasteiger partial charge in [0, 0.05) is 26.2 Å². The molecule has 1 aliphatic heterocycles. The third-order valence-corrected chi connectivity index (χ3v) is 4.79. The van der Waals surface area contributed by atoms with Crippen LogP contribution >= 0.6 is 11.6 Å². The van der Waals surface area contributed by atoms with Crippen molar-refractivity contribution in [3.63, 3.8) is 0 Å². The lowest BCUT2D eigenvalue weighted by atomic mass is 10.1. The summed E-state index contributed by atoms with van der Waals surface area (Å²) in [5.41, 5.74) is -0.165. The lowest BCUT2D eigenvalue weighted by molar-refractivity contribution is 0.0693. The van der Waals surface area contributed by atoms with Crippen LogP contribution in [0.3, 0.4) is 0 Å². The van der Waals surface area contributed by atoms with E-state index in [1.807, 2.05) is 0 Å². The Balaban J connectivity index is 2.13. The second-order valence-corrected chi connectivity index (χ2v) is 6.94. The number of rotatable bonds is 2. The second-order valence-electron chi connectivity index (χ2n) is 4.55. The van der Waals surface area contributed by atoms with Crippen LogP contribution in [0.1, 0.15) is 10.4 Å². The van der Waals surface area contributed by atoms with E-state index in [4.69, 9.17) is 11.6 Å². The van der Waals surface area contributed by atoms with E-state index >= 15 is 0 Å². The maximum absolute atomic E-state index is 13.7. The molecule has 1 amide bonds. The molecule has 0 aromatic heterocycles. The number of halogens is 2. The number of hydrogen-bond acceptors (Lipinski definition) is 3. The SMILES string of the molecule is CS(=O)(=O)N1CCN(C(=O)c2c(F)cccc2Cl)CC1. The molecule has 0 spiro atoms. The minimum absolute atomic E-state index is 0.0561. The van der Waals surface area contributed by atoms with Crippen molar-refractivity contribution < 1.29 is 17.6 Å². The van der Waals surface area contributed by atoms with Gasteiger partial charge in [0.1, 0.15) is 5.82 Å². The fraction of sp³-hybridized carbons (Fsp3) is 0.417. The molecule has 8 heteroatoms. The first kappa shape index (κ1) is 15.2. The van der Waals surface area contributed by atoms with E-state index < -0.39 is 21.7 Å². The van der Waals surface area contributed by atoms with Crippen LogP contribution in [0.5, 0.6) is 0 Å². The highest BCUT2D eigenvalue weighted by atomic mass is 35.5. The highest BCUT2D eigenvalue weighted by molar-refractivity contribution is 7.88. The van der Waals surface area contributed by atoms with Crippen LogP contribution < -0.4 is 0 Å². The van der Waals surface area contributed by atoms with Gasteiger partial charge in [0.2, 0.25) is 10.0 Å². The van der Waals surface area contributed by atoms with E-state index in [0.29, 0.717) is 0 Å². The average Bonchev–Trinajstić information content (AvgIpc) is 2.37. The predicted octanol–water partition coefficient (Wildman–Crippen LogP) is 1.20. The van der Waals surface area contributed by atoms with Crippen molar-refractivity contribution in [3.05, 3.63) is 34.6 Å². The van der Waals surface area contributed by atoms with E-state index in [1.165, 1.54) is 27.4 Å². The van der Waals surface area contributed by atoms with Crippen LogP contribution in [-0.4, -0.2) is 56.0 Å². The van der Waals surface area contributed by atoms with Gasteiger partial charge in [-0.1, -0.05) is 17.7 Å². The molecule has 0 aliphatic carbocycles. The van der Waals surface area contributed by atoms with E-state index in [0.717, 1.165) is 6.26 Å². The van der Waals surface area contributed by atoms with E-state index in [-0.39, 0.29) is 36.8 Å². The maximum atomic E-state index is 13.7. The minimum Gasteiger partial charge on any atom is -0.336 e. The highest BCUT2D eigenvalue weighted by Crippen LogP contribution is 2.21. The fourth-order valence-corrected chi connectivity index (χ4v) is 3.15. The number of hydrogen-bond donors (Lipinski definition) is 0. The standard InChI is InChI=1S/C12H14ClFN2O3S/c1-20(18,19)16-7-5-15(6-8-16)12(17)11-9(13)3-2-4-10(11)14/h2-4H,5-8H2,1H3. The summed E-state index contributed by atoms with van der Waals surface area (Å²) in [6.45, 7) is 0.848. The number of carbonyl (C=O) groups excluding carboxylic acids is 1. The molecule has 20 heavy (non-hydrogen) atoms. The quantitative estimate of drug-likeness (QED) is 0.822. The highest BCUT2D eigenvalue weighted by Gasteiger charge is 2.28. The Hall–Kier alpha value is -1.18. The van der Waals surface area contributed by atoms with E-state index in [1.54, 1.807) is 0 Å². The van der Waals surface area contributed by atoms with E-state index in [2.05, 4.69) is 0 Å². The summed E-state index contributed by atoms with van der Waals surface area (Å²) in [6, 6.07) is 4.05. The molecule has 1 aromatic rings. The molecule has 1 aliphatic rings. The molecule has 1 heterocycles. The van der Waals surface area contributed by atoms with Crippen LogP contribution in [0.15, 0.2) is 18.2 Å². The maximum Gasteiger partial charge on any atom is 0.258 e. The second kappa shape index (κ2) is 5.67. The average molecular weight is 321 g/mol.